The lowest BCUT2D eigenvalue weighted by Crippen LogP contribution is -2.54. The minimum atomic E-state index is -1.93. The van der Waals surface area contributed by atoms with Crippen LogP contribution in [0, 0.1) is 5.92 Å². The van der Waals surface area contributed by atoms with Gasteiger partial charge in [0.05, 0.1) is 19.1 Å². The van der Waals surface area contributed by atoms with Crippen LogP contribution in [0.2, 0.25) is 0 Å². The van der Waals surface area contributed by atoms with Gasteiger partial charge in [0, 0.05) is 18.3 Å². The van der Waals surface area contributed by atoms with E-state index < -0.39 is 102 Å². The maximum Gasteiger partial charge on any atom is 0.508 e. The van der Waals surface area contributed by atoms with Gasteiger partial charge in [-0.05, 0) is 38.7 Å². The van der Waals surface area contributed by atoms with Crippen LogP contribution in [0.25, 0.3) is 0 Å². The lowest BCUT2D eigenvalue weighted by Gasteiger charge is -2.35. The fraction of sp³-hybridized carbons (Fsp3) is 0.706. The number of rotatable bonds is 17. The second-order valence-electron chi connectivity index (χ2n) is 13.5. The number of primary amides is 1. The Bertz CT molecular complexity index is 1560. The van der Waals surface area contributed by atoms with Gasteiger partial charge in [0.2, 0.25) is 18.1 Å². The average molecular weight is 754 g/mol. The van der Waals surface area contributed by atoms with Crippen molar-refractivity contribution in [2.45, 2.75) is 133 Å². The third-order valence-electron chi connectivity index (χ3n) is 9.38. The van der Waals surface area contributed by atoms with Crippen LogP contribution in [0.5, 0.6) is 0 Å². The van der Waals surface area contributed by atoms with E-state index in [4.69, 9.17) is 29.4 Å². The Hall–Kier alpha value is -4.30. The van der Waals surface area contributed by atoms with E-state index >= 15 is 0 Å². The van der Waals surface area contributed by atoms with Crippen molar-refractivity contribution in [3.63, 3.8) is 0 Å². The van der Waals surface area contributed by atoms with E-state index in [9.17, 15) is 44.1 Å². The minimum Gasteiger partial charge on any atom is -0.456 e. The standard InChI is InChI=1S/C34H51N5O14/c1-3-4-5-6-7-8-9-15-49-34(48)53-26-19(17-40)25(51-31(26)39-14-13-23(42)38-33(39)47)27(28(35)44)52-32-24(43)21(41)16-22(50-32)30(46)37-20-12-10-11-18(2)36-29(20)45/h13-14,16,18-21,24-27,31-32,40-41,43H,3-12,15,17H2,1-2H3,(H2,35,44)(H,36,45)(H,37,46)(H,38,42,47)/t18-,19-,20+,21+,24+,25+,26-,27-,31-,32-/m1/s1. The zero-order valence-corrected chi connectivity index (χ0v) is 29.8. The van der Waals surface area contributed by atoms with Gasteiger partial charge in [0.1, 0.15) is 24.4 Å². The van der Waals surface area contributed by atoms with Crippen molar-refractivity contribution in [3.8, 4) is 0 Å². The molecule has 53 heavy (non-hydrogen) atoms. The van der Waals surface area contributed by atoms with Gasteiger partial charge >= 0.3 is 11.8 Å². The number of hydrogen-bond acceptors (Lipinski definition) is 14. The Kier molecular flexibility index (Phi) is 15.4. The molecule has 0 saturated carbocycles. The molecule has 0 aromatic carbocycles. The van der Waals surface area contributed by atoms with Crippen molar-refractivity contribution in [2.24, 2.45) is 11.7 Å². The summed E-state index contributed by atoms with van der Waals surface area (Å²) >= 11 is 0. The molecule has 19 heteroatoms. The van der Waals surface area contributed by atoms with Gasteiger partial charge in [0.25, 0.3) is 11.5 Å². The molecule has 3 aliphatic rings. The van der Waals surface area contributed by atoms with Gasteiger partial charge in [0.15, 0.2) is 24.2 Å². The van der Waals surface area contributed by atoms with E-state index in [0.29, 0.717) is 25.7 Å². The Morgan fingerprint density at radius 2 is 1.81 bits per heavy atom. The molecule has 4 rings (SSSR count). The largest absolute Gasteiger partial charge is 0.508 e. The summed E-state index contributed by atoms with van der Waals surface area (Å²) in [7, 11) is 0. The number of carbonyl (C=O) groups excluding carboxylic acids is 4. The fourth-order valence-electron chi connectivity index (χ4n) is 6.48. The zero-order valence-electron chi connectivity index (χ0n) is 29.8. The molecule has 2 saturated heterocycles. The predicted octanol–water partition coefficient (Wildman–Crippen LogP) is -0.679. The summed E-state index contributed by atoms with van der Waals surface area (Å²) in [6.45, 7) is 3.15. The Morgan fingerprint density at radius 1 is 1.09 bits per heavy atom. The third kappa shape index (κ3) is 11.1. The number of H-pyrrole nitrogens is 1. The quantitative estimate of drug-likeness (QED) is 0.0767. The van der Waals surface area contributed by atoms with Crippen molar-refractivity contribution in [1.82, 2.24) is 20.2 Å². The summed E-state index contributed by atoms with van der Waals surface area (Å²) in [4.78, 5) is 78.1. The molecule has 10 atom stereocenters. The molecule has 3 aliphatic heterocycles. The normalized spacial score (nSPS) is 29.2. The van der Waals surface area contributed by atoms with Gasteiger partial charge in [-0.25, -0.2) is 9.59 Å². The maximum absolute atomic E-state index is 13.1. The Morgan fingerprint density at radius 3 is 2.49 bits per heavy atom. The first-order chi connectivity index (χ1) is 25.3. The number of nitrogens with zero attached hydrogens (tertiary/aromatic N) is 1. The van der Waals surface area contributed by atoms with Gasteiger partial charge in [-0.2, -0.15) is 0 Å². The van der Waals surface area contributed by atoms with Crippen LogP contribution in [0.4, 0.5) is 4.79 Å². The van der Waals surface area contributed by atoms with Gasteiger partial charge < -0.3 is 55.4 Å². The second kappa shape index (κ2) is 19.7. The number of amides is 3. The lowest BCUT2D eigenvalue weighted by atomic mass is 9.94. The number of nitrogens with two attached hydrogens (primary N) is 1. The molecule has 2 fully saturated rings. The molecular formula is C34H51N5O14. The van der Waals surface area contributed by atoms with Crippen molar-refractivity contribution in [3.05, 3.63) is 44.9 Å². The SMILES string of the molecule is CCCCCCCCCOC(=O)O[C@@H]1[C@H](CO)[C@@H]([C@@H](O[C@H]2OC(C(=O)N[C@H]3CCC[C@@H](C)NC3=O)=C[C@H](O)[C@@H]2O)C(N)=O)O[C@H]1n1ccc(=O)[nH]c1=O. The van der Waals surface area contributed by atoms with Crippen LogP contribution in [0.1, 0.15) is 84.3 Å². The number of aliphatic hydroxyl groups excluding tert-OH is 3. The van der Waals surface area contributed by atoms with E-state index in [1.165, 1.54) is 0 Å². The van der Waals surface area contributed by atoms with Crippen molar-refractivity contribution < 1.29 is 58.2 Å². The maximum atomic E-state index is 13.1. The molecule has 1 aromatic rings. The molecular weight excluding hydrogens is 702 g/mol. The molecule has 0 spiro atoms. The molecule has 8 N–H and O–H groups in total. The minimum absolute atomic E-state index is 0.0247. The number of unbranched alkanes of at least 4 members (excludes halogenated alkanes) is 6. The number of ether oxygens (including phenoxy) is 5. The summed E-state index contributed by atoms with van der Waals surface area (Å²) in [5.41, 5.74) is 3.97. The van der Waals surface area contributed by atoms with Crippen LogP contribution in [0.3, 0.4) is 0 Å². The number of hydrogen-bond donors (Lipinski definition) is 7. The third-order valence-corrected chi connectivity index (χ3v) is 9.38. The molecule has 19 nitrogen and oxygen atoms in total. The Balaban J connectivity index is 1.50. The molecule has 0 bridgehead atoms. The molecule has 0 unspecified atom stereocenters. The summed E-state index contributed by atoms with van der Waals surface area (Å²) < 4.78 is 28.9. The van der Waals surface area contributed by atoms with Crippen molar-refractivity contribution >= 4 is 23.9 Å². The van der Waals surface area contributed by atoms with Gasteiger partial charge in [-0.1, -0.05) is 45.4 Å². The summed E-state index contributed by atoms with van der Waals surface area (Å²) in [6, 6.07) is -0.0117. The topological polar surface area (TPSA) is 280 Å². The number of aromatic amines is 1. The first-order valence-corrected chi connectivity index (χ1v) is 18.1. The number of aromatic nitrogens is 2. The Labute approximate surface area is 305 Å². The van der Waals surface area contributed by atoms with Crippen LogP contribution in [-0.4, -0.2) is 111 Å². The van der Waals surface area contributed by atoms with E-state index in [0.717, 1.165) is 61.4 Å². The molecule has 1 aromatic heterocycles. The van der Waals surface area contributed by atoms with Crippen LogP contribution in [-0.2, 0) is 38.1 Å². The van der Waals surface area contributed by atoms with Crippen LogP contribution in [0.15, 0.2) is 33.7 Å². The highest BCUT2D eigenvalue weighted by atomic mass is 16.7. The highest BCUT2D eigenvalue weighted by Crippen LogP contribution is 2.39. The van der Waals surface area contributed by atoms with E-state index in [-0.39, 0.29) is 12.6 Å². The summed E-state index contributed by atoms with van der Waals surface area (Å²) in [5, 5.41) is 37.2. The monoisotopic (exact) mass is 753 g/mol. The number of aliphatic hydroxyl groups is 3. The molecule has 0 radical (unpaired) electrons. The predicted molar refractivity (Wildman–Crippen MR) is 182 cm³/mol. The molecule has 296 valence electrons. The molecule has 3 amide bonds. The van der Waals surface area contributed by atoms with Gasteiger partial charge in [-0.15, -0.1) is 0 Å². The lowest BCUT2D eigenvalue weighted by molar-refractivity contribution is -0.239. The number of nitrogens with one attached hydrogen (secondary N) is 3. The van der Waals surface area contributed by atoms with E-state index in [1.54, 1.807) is 0 Å². The first kappa shape index (κ1) is 41.5. The van der Waals surface area contributed by atoms with E-state index in [2.05, 4.69) is 17.6 Å². The van der Waals surface area contributed by atoms with Crippen molar-refractivity contribution in [1.29, 1.82) is 0 Å². The van der Waals surface area contributed by atoms with E-state index in [1.807, 2.05) is 11.9 Å². The number of carbonyl (C=O) groups is 4. The first-order valence-electron chi connectivity index (χ1n) is 18.1. The molecule has 0 aliphatic carbocycles. The van der Waals surface area contributed by atoms with Crippen molar-refractivity contribution in [2.75, 3.05) is 13.2 Å². The van der Waals surface area contributed by atoms with Crippen LogP contribution < -0.4 is 27.6 Å². The smallest absolute Gasteiger partial charge is 0.456 e. The zero-order chi connectivity index (χ0) is 38.7. The highest BCUT2D eigenvalue weighted by Gasteiger charge is 2.54. The second-order valence-corrected chi connectivity index (χ2v) is 13.5. The highest BCUT2D eigenvalue weighted by molar-refractivity contribution is 5.95. The summed E-state index contributed by atoms with van der Waals surface area (Å²) in [5.74, 6) is -4.42. The average Bonchev–Trinajstić information content (AvgIpc) is 3.36. The fourth-order valence-corrected chi connectivity index (χ4v) is 6.48. The molecule has 4 heterocycles. The summed E-state index contributed by atoms with van der Waals surface area (Å²) in [6.07, 6.45) is -2.91. The van der Waals surface area contributed by atoms with Crippen LogP contribution >= 0.6 is 0 Å². The van der Waals surface area contributed by atoms with Gasteiger partial charge in [-0.3, -0.25) is 28.7 Å².